The zero-order valence-corrected chi connectivity index (χ0v) is 13.9. The first-order valence-electron chi connectivity index (χ1n) is 9.25. The Morgan fingerprint density at radius 3 is 2.22 bits per heavy atom. The van der Waals surface area contributed by atoms with Gasteiger partial charge in [0.25, 0.3) is 0 Å². The van der Waals surface area contributed by atoms with Crippen molar-refractivity contribution in [2.24, 2.45) is 17.8 Å². The number of halogens is 2. The molecule has 126 valence electrons. The monoisotopic (exact) mass is 318 g/mol. The molecular formula is C21H28F2. The van der Waals surface area contributed by atoms with E-state index in [2.05, 4.69) is 12.7 Å². The highest BCUT2D eigenvalue weighted by atomic mass is 19.2. The van der Waals surface area contributed by atoms with Gasteiger partial charge in [-0.25, -0.2) is 8.78 Å². The summed E-state index contributed by atoms with van der Waals surface area (Å²) >= 11 is 0. The Morgan fingerprint density at radius 2 is 1.52 bits per heavy atom. The minimum absolute atomic E-state index is 0.410. The van der Waals surface area contributed by atoms with Crippen LogP contribution in [0.15, 0.2) is 30.9 Å². The van der Waals surface area contributed by atoms with Crippen LogP contribution >= 0.6 is 0 Å². The normalized spacial score (nSPS) is 32.3. The number of allylic oxidation sites excluding steroid dienone is 1. The number of hydrogen-bond donors (Lipinski definition) is 0. The maximum absolute atomic E-state index is 13.4. The third kappa shape index (κ3) is 4.02. The van der Waals surface area contributed by atoms with Crippen LogP contribution < -0.4 is 0 Å². The van der Waals surface area contributed by atoms with Gasteiger partial charge in [-0.15, -0.1) is 6.58 Å². The molecule has 0 saturated heterocycles. The van der Waals surface area contributed by atoms with Gasteiger partial charge in [-0.3, -0.25) is 0 Å². The summed E-state index contributed by atoms with van der Waals surface area (Å²) in [6, 6.07) is 4.45. The van der Waals surface area contributed by atoms with Crippen LogP contribution in [0, 0.1) is 29.4 Å². The lowest BCUT2D eigenvalue weighted by atomic mass is 9.72. The van der Waals surface area contributed by atoms with Gasteiger partial charge < -0.3 is 0 Å². The second-order valence-electron chi connectivity index (χ2n) is 7.55. The van der Waals surface area contributed by atoms with Gasteiger partial charge in [0.2, 0.25) is 0 Å². The van der Waals surface area contributed by atoms with Crippen LogP contribution in [0.2, 0.25) is 0 Å². The molecule has 2 saturated carbocycles. The minimum atomic E-state index is -0.738. The summed E-state index contributed by atoms with van der Waals surface area (Å²) in [4.78, 5) is 0. The van der Waals surface area contributed by atoms with Crippen molar-refractivity contribution >= 4 is 0 Å². The van der Waals surface area contributed by atoms with E-state index in [1.807, 2.05) is 0 Å². The molecule has 2 atom stereocenters. The van der Waals surface area contributed by atoms with Crippen molar-refractivity contribution in [1.29, 1.82) is 0 Å². The standard InChI is InChI=1S/C21H28F2/c1-2-15-4-3-5-16(7-6-15)17-8-10-18(11-9-17)19-12-13-20(22)21(23)14-19/h2,12-18H,1,3-11H2. The average Bonchev–Trinajstić information content (AvgIpc) is 2.83. The molecule has 23 heavy (non-hydrogen) atoms. The molecule has 2 aliphatic rings. The molecule has 2 aliphatic carbocycles. The van der Waals surface area contributed by atoms with E-state index in [1.54, 1.807) is 6.07 Å². The third-order valence-corrected chi connectivity index (χ3v) is 6.24. The summed E-state index contributed by atoms with van der Waals surface area (Å²) in [5.41, 5.74) is 0.981. The first-order chi connectivity index (χ1) is 11.2. The van der Waals surface area contributed by atoms with Crippen LogP contribution in [0.25, 0.3) is 0 Å². The molecule has 0 aromatic heterocycles. The molecule has 0 amide bonds. The highest BCUT2D eigenvalue weighted by Gasteiger charge is 2.29. The summed E-state index contributed by atoms with van der Waals surface area (Å²) in [5.74, 6) is 1.39. The van der Waals surface area contributed by atoms with Gasteiger partial charge in [0.1, 0.15) is 0 Å². The van der Waals surface area contributed by atoms with E-state index in [0.29, 0.717) is 5.92 Å². The summed E-state index contributed by atoms with van der Waals surface area (Å²) in [6.07, 6.45) is 13.5. The average molecular weight is 318 g/mol. The molecule has 0 bridgehead atoms. The zero-order chi connectivity index (χ0) is 16.2. The van der Waals surface area contributed by atoms with E-state index in [4.69, 9.17) is 0 Å². The fraction of sp³-hybridized carbons (Fsp3) is 0.619. The smallest absolute Gasteiger partial charge is 0.159 e. The van der Waals surface area contributed by atoms with Gasteiger partial charge in [0, 0.05) is 0 Å². The van der Waals surface area contributed by atoms with Crippen LogP contribution in [0.3, 0.4) is 0 Å². The SMILES string of the molecule is C=CC1CCCC(C2CCC(c3ccc(F)c(F)c3)CC2)CC1. The predicted molar refractivity (Wildman–Crippen MR) is 91.3 cm³/mol. The van der Waals surface area contributed by atoms with E-state index >= 15 is 0 Å². The molecule has 0 aliphatic heterocycles. The number of benzene rings is 1. The minimum Gasteiger partial charge on any atom is -0.204 e. The first-order valence-corrected chi connectivity index (χ1v) is 9.25. The van der Waals surface area contributed by atoms with Crippen molar-refractivity contribution in [2.75, 3.05) is 0 Å². The van der Waals surface area contributed by atoms with Crippen molar-refractivity contribution in [1.82, 2.24) is 0 Å². The molecule has 1 aromatic carbocycles. The summed E-state index contributed by atoms with van der Waals surface area (Å²) in [7, 11) is 0. The molecule has 0 heterocycles. The second kappa shape index (κ2) is 7.59. The highest BCUT2D eigenvalue weighted by molar-refractivity contribution is 5.22. The molecule has 2 unspecified atom stereocenters. The summed E-state index contributed by atoms with van der Waals surface area (Å²) in [5, 5.41) is 0. The van der Waals surface area contributed by atoms with Crippen molar-refractivity contribution < 1.29 is 8.78 Å². The van der Waals surface area contributed by atoms with E-state index in [1.165, 1.54) is 57.1 Å². The Bertz CT molecular complexity index is 529. The van der Waals surface area contributed by atoms with E-state index < -0.39 is 11.6 Å². The van der Waals surface area contributed by atoms with E-state index in [-0.39, 0.29) is 0 Å². The zero-order valence-electron chi connectivity index (χ0n) is 13.9. The maximum atomic E-state index is 13.4. The largest absolute Gasteiger partial charge is 0.204 e. The molecule has 0 nitrogen and oxygen atoms in total. The molecule has 2 heteroatoms. The highest BCUT2D eigenvalue weighted by Crippen LogP contribution is 2.43. The molecule has 0 radical (unpaired) electrons. The van der Waals surface area contributed by atoms with E-state index in [0.717, 1.165) is 36.2 Å². The van der Waals surface area contributed by atoms with Crippen molar-refractivity contribution in [2.45, 2.75) is 63.7 Å². The lowest BCUT2D eigenvalue weighted by Gasteiger charge is -2.34. The Kier molecular flexibility index (Phi) is 5.50. The van der Waals surface area contributed by atoms with Crippen LogP contribution in [0.5, 0.6) is 0 Å². The molecule has 0 spiro atoms. The lowest BCUT2D eigenvalue weighted by Crippen LogP contribution is -2.21. The summed E-state index contributed by atoms with van der Waals surface area (Å²) in [6.45, 7) is 3.96. The molecule has 2 fully saturated rings. The van der Waals surface area contributed by atoms with Gasteiger partial charge in [-0.2, -0.15) is 0 Å². The quantitative estimate of drug-likeness (QED) is 0.434. The van der Waals surface area contributed by atoms with Gasteiger partial charge in [0.05, 0.1) is 0 Å². The fourth-order valence-electron chi connectivity index (χ4n) is 4.76. The fourth-order valence-corrected chi connectivity index (χ4v) is 4.76. The Balaban J connectivity index is 1.55. The number of rotatable bonds is 3. The van der Waals surface area contributed by atoms with E-state index in [9.17, 15) is 8.78 Å². The molecular weight excluding hydrogens is 290 g/mol. The first kappa shape index (κ1) is 16.7. The van der Waals surface area contributed by atoms with Crippen molar-refractivity contribution in [3.05, 3.63) is 48.1 Å². The molecule has 3 rings (SSSR count). The molecule has 1 aromatic rings. The predicted octanol–water partition coefficient (Wildman–Crippen LogP) is 6.62. The number of hydrogen-bond acceptors (Lipinski definition) is 0. The third-order valence-electron chi connectivity index (χ3n) is 6.24. The van der Waals surface area contributed by atoms with Gasteiger partial charge in [-0.05, 0) is 86.3 Å². The summed E-state index contributed by atoms with van der Waals surface area (Å²) < 4.78 is 26.5. The Morgan fingerprint density at radius 1 is 0.826 bits per heavy atom. The Hall–Kier alpha value is -1.18. The van der Waals surface area contributed by atoms with Crippen LogP contribution in [0.1, 0.15) is 69.3 Å². The lowest BCUT2D eigenvalue weighted by molar-refractivity contribution is 0.212. The maximum Gasteiger partial charge on any atom is 0.159 e. The second-order valence-corrected chi connectivity index (χ2v) is 7.55. The topological polar surface area (TPSA) is 0 Å². The van der Waals surface area contributed by atoms with Gasteiger partial charge in [0.15, 0.2) is 11.6 Å². The van der Waals surface area contributed by atoms with Crippen molar-refractivity contribution in [3.63, 3.8) is 0 Å². The Labute approximate surface area is 139 Å². The van der Waals surface area contributed by atoms with Crippen LogP contribution in [-0.4, -0.2) is 0 Å². The van der Waals surface area contributed by atoms with Crippen LogP contribution in [0.4, 0.5) is 8.78 Å². The molecule has 0 N–H and O–H groups in total. The van der Waals surface area contributed by atoms with Gasteiger partial charge >= 0.3 is 0 Å². The van der Waals surface area contributed by atoms with Crippen molar-refractivity contribution in [3.8, 4) is 0 Å². The van der Waals surface area contributed by atoms with Gasteiger partial charge in [-0.1, -0.05) is 25.0 Å². The van der Waals surface area contributed by atoms with Crippen LogP contribution in [-0.2, 0) is 0 Å².